The van der Waals surface area contributed by atoms with Crippen LogP contribution in [0.1, 0.15) is 13.8 Å². The Hall–Kier alpha value is -1.62. The van der Waals surface area contributed by atoms with Gasteiger partial charge in [0.05, 0.1) is 10.5 Å². The lowest BCUT2D eigenvalue weighted by Crippen LogP contribution is -2.31. The fourth-order valence-corrected chi connectivity index (χ4v) is 1.09. The summed E-state index contributed by atoms with van der Waals surface area (Å²) in [7, 11) is 1.65. The summed E-state index contributed by atoms with van der Waals surface area (Å²) in [5.74, 6) is 0. The average Bonchev–Trinajstić information content (AvgIpc) is 2.27. The first-order chi connectivity index (χ1) is 7.44. The SMILES string of the molecule is COC(C)(C)CNc1ccc([N+](=O)[O-])cc1. The van der Waals surface area contributed by atoms with Crippen LogP contribution in [-0.4, -0.2) is 24.2 Å². The number of rotatable bonds is 5. The maximum atomic E-state index is 10.4. The molecule has 88 valence electrons. The van der Waals surface area contributed by atoms with Gasteiger partial charge in [-0.15, -0.1) is 0 Å². The van der Waals surface area contributed by atoms with Gasteiger partial charge in [-0.05, 0) is 26.0 Å². The molecule has 1 N–H and O–H groups in total. The molecule has 0 spiro atoms. The molecule has 1 aromatic carbocycles. The normalized spacial score (nSPS) is 11.2. The second-order valence-corrected chi connectivity index (χ2v) is 4.12. The molecule has 1 aromatic rings. The molecule has 0 saturated carbocycles. The van der Waals surface area contributed by atoms with Gasteiger partial charge in [0.1, 0.15) is 0 Å². The fraction of sp³-hybridized carbons (Fsp3) is 0.455. The number of nitrogens with one attached hydrogen (secondary N) is 1. The van der Waals surface area contributed by atoms with Gasteiger partial charge in [-0.1, -0.05) is 0 Å². The monoisotopic (exact) mass is 224 g/mol. The molecule has 5 nitrogen and oxygen atoms in total. The van der Waals surface area contributed by atoms with Crippen molar-refractivity contribution in [2.24, 2.45) is 0 Å². The number of methoxy groups -OCH3 is 1. The van der Waals surface area contributed by atoms with E-state index in [1.54, 1.807) is 19.2 Å². The van der Waals surface area contributed by atoms with E-state index in [4.69, 9.17) is 4.74 Å². The van der Waals surface area contributed by atoms with Crippen molar-refractivity contribution in [2.75, 3.05) is 19.0 Å². The smallest absolute Gasteiger partial charge is 0.269 e. The number of anilines is 1. The van der Waals surface area contributed by atoms with E-state index < -0.39 is 4.92 Å². The highest BCUT2D eigenvalue weighted by atomic mass is 16.6. The molecule has 0 aromatic heterocycles. The highest BCUT2D eigenvalue weighted by Crippen LogP contribution is 2.16. The van der Waals surface area contributed by atoms with Crippen molar-refractivity contribution in [1.29, 1.82) is 0 Å². The van der Waals surface area contributed by atoms with Gasteiger partial charge in [-0.25, -0.2) is 0 Å². The molecular weight excluding hydrogens is 208 g/mol. The largest absolute Gasteiger partial charge is 0.382 e. The lowest BCUT2D eigenvalue weighted by molar-refractivity contribution is -0.384. The Labute approximate surface area is 94.6 Å². The van der Waals surface area contributed by atoms with Gasteiger partial charge < -0.3 is 10.1 Å². The number of benzene rings is 1. The number of hydrogen-bond acceptors (Lipinski definition) is 4. The van der Waals surface area contributed by atoms with Gasteiger partial charge in [0.15, 0.2) is 0 Å². The van der Waals surface area contributed by atoms with Crippen LogP contribution in [0.25, 0.3) is 0 Å². The zero-order chi connectivity index (χ0) is 12.2. The Morgan fingerprint density at radius 2 is 1.94 bits per heavy atom. The Morgan fingerprint density at radius 1 is 1.38 bits per heavy atom. The van der Waals surface area contributed by atoms with Crippen LogP contribution >= 0.6 is 0 Å². The zero-order valence-electron chi connectivity index (χ0n) is 9.69. The van der Waals surface area contributed by atoms with Crippen LogP contribution in [0.15, 0.2) is 24.3 Å². The number of ether oxygens (including phenoxy) is 1. The van der Waals surface area contributed by atoms with E-state index in [-0.39, 0.29) is 11.3 Å². The molecule has 1 rings (SSSR count). The minimum Gasteiger partial charge on any atom is -0.382 e. The van der Waals surface area contributed by atoms with E-state index >= 15 is 0 Å². The summed E-state index contributed by atoms with van der Waals surface area (Å²) >= 11 is 0. The Bertz CT molecular complexity index is 360. The van der Waals surface area contributed by atoms with Crippen LogP contribution < -0.4 is 5.32 Å². The number of non-ortho nitro benzene ring substituents is 1. The van der Waals surface area contributed by atoms with Crippen molar-refractivity contribution in [3.8, 4) is 0 Å². The molecule has 0 amide bonds. The average molecular weight is 224 g/mol. The van der Waals surface area contributed by atoms with Gasteiger partial charge in [0.25, 0.3) is 5.69 Å². The second kappa shape index (κ2) is 4.94. The van der Waals surface area contributed by atoms with Gasteiger partial charge in [0.2, 0.25) is 0 Å². The molecule has 16 heavy (non-hydrogen) atoms. The van der Waals surface area contributed by atoms with Crippen LogP contribution in [0.3, 0.4) is 0 Å². The van der Waals surface area contributed by atoms with Crippen LogP contribution in [0.5, 0.6) is 0 Å². The lowest BCUT2D eigenvalue weighted by atomic mass is 10.1. The zero-order valence-corrected chi connectivity index (χ0v) is 9.69. The molecule has 0 bridgehead atoms. The first kappa shape index (κ1) is 12.4. The van der Waals surface area contributed by atoms with Crippen molar-refractivity contribution in [3.63, 3.8) is 0 Å². The first-order valence-corrected chi connectivity index (χ1v) is 4.98. The minimum atomic E-state index is -0.414. The molecule has 0 aliphatic rings. The minimum absolute atomic E-state index is 0.0940. The standard InChI is InChI=1S/C11H16N2O3/c1-11(2,16-3)8-12-9-4-6-10(7-5-9)13(14)15/h4-7,12H,8H2,1-3H3. The Balaban J connectivity index is 2.59. The molecule has 5 heteroatoms. The van der Waals surface area contributed by atoms with E-state index in [1.165, 1.54) is 12.1 Å². The molecule has 0 saturated heterocycles. The van der Waals surface area contributed by atoms with E-state index in [9.17, 15) is 10.1 Å². The van der Waals surface area contributed by atoms with Crippen molar-refractivity contribution >= 4 is 11.4 Å². The first-order valence-electron chi connectivity index (χ1n) is 4.98. The third-order valence-corrected chi connectivity index (χ3v) is 2.35. The van der Waals surface area contributed by atoms with Crippen molar-refractivity contribution in [2.45, 2.75) is 19.4 Å². The van der Waals surface area contributed by atoms with Gasteiger partial charge in [-0.2, -0.15) is 0 Å². The summed E-state index contributed by atoms with van der Waals surface area (Å²) in [5.41, 5.74) is 0.675. The van der Waals surface area contributed by atoms with Gasteiger partial charge in [0, 0.05) is 31.5 Å². The van der Waals surface area contributed by atoms with Crippen LogP contribution in [0, 0.1) is 10.1 Å². The van der Waals surface area contributed by atoms with E-state index in [2.05, 4.69) is 5.32 Å². The topological polar surface area (TPSA) is 64.4 Å². The number of nitrogens with zero attached hydrogens (tertiary/aromatic N) is 1. The molecule has 0 unspecified atom stereocenters. The van der Waals surface area contributed by atoms with E-state index in [1.807, 2.05) is 13.8 Å². The quantitative estimate of drug-likeness (QED) is 0.616. The van der Waals surface area contributed by atoms with E-state index in [0.717, 1.165) is 5.69 Å². The van der Waals surface area contributed by atoms with Crippen LogP contribution in [0.4, 0.5) is 11.4 Å². The highest BCUT2D eigenvalue weighted by Gasteiger charge is 2.15. The number of nitro benzene ring substituents is 1. The summed E-state index contributed by atoms with van der Waals surface area (Å²) in [6.45, 7) is 4.57. The molecule has 0 atom stereocenters. The van der Waals surface area contributed by atoms with Crippen LogP contribution in [-0.2, 0) is 4.74 Å². The predicted octanol–water partition coefficient (Wildman–Crippen LogP) is 2.43. The number of hydrogen-bond donors (Lipinski definition) is 1. The molecule has 0 aliphatic carbocycles. The summed E-state index contributed by atoms with van der Waals surface area (Å²) in [6.07, 6.45) is 0. The summed E-state index contributed by atoms with van der Waals surface area (Å²) < 4.78 is 5.25. The lowest BCUT2D eigenvalue weighted by Gasteiger charge is -2.23. The fourth-order valence-electron chi connectivity index (χ4n) is 1.09. The maximum absolute atomic E-state index is 10.4. The van der Waals surface area contributed by atoms with Crippen molar-refractivity contribution < 1.29 is 9.66 Å². The molecule has 0 heterocycles. The third kappa shape index (κ3) is 3.51. The van der Waals surface area contributed by atoms with Crippen molar-refractivity contribution in [3.05, 3.63) is 34.4 Å². The molecule has 0 fully saturated rings. The molecule has 0 aliphatic heterocycles. The second-order valence-electron chi connectivity index (χ2n) is 4.12. The molecule has 0 radical (unpaired) electrons. The Kier molecular flexibility index (Phi) is 3.84. The van der Waals surface area contributed by atoms with Gasteiger partial charge >= 0.3 is 0 Å². The highest BCUT2D eigenvalue weighted by molar-refractivity contribution is 5.48. The Morgan fingerprint density at radius 3 is 2.38 bits per heavy atom. The summed E-state index contributed by atoms with van der Waals surface area (Å²) in [6, 6.07) is 6.32. The summed E-state index contributed by atoms with van der Waals surface area (Å²) in [5, 5.41) is 13.6. The summed E-state index contributed by atoms with van der Waals surface area (Å²) in [4.78, 5) is 10.0. The van der Waals surface area contributed by atoms with Crippen molar-refractivity contribution in [1.82, 2.24) is 0 Å². The number of nitro groups is 1. The van der Waals surface area contributed by atoms with Crippen LogP contribution in [0.2, 0.25) is 0 Å². The van der Waals surface area contributed by atoms with Gasteiger partial charge in [-0.3, -0.25) is 10.1 Å². The third-order valence-electron chi connectivity index (χ3n) is 2.35. The van der Waals surface area contributed by atoms with E-state index in [0.29, 0.717) is 6.54 Å². The molecular formula is C11H16N2O3. The maximum Gasteiger partial charge on any atom is 0.269 e. The predicted molar refractivity (Wildman–Crippen MR) is 62.7 cm³/mol.